The van der Waals surface area contributed by atoms with Gasteiger partial charge in [0.05, 0.1) is 6.04 Å². The van der Waals surface area contributed by atoms with E-state index in [0.717, 1.165) is 0 Å². The Morgan fingerprint density at radius 3 is 2.55 bits per heavy atom. The summed E-state index contributed by atoms with van der Waals surface area (Å²) < 4.78 is 41.6. The molecule has 0 saturated carbocycles. The summed E-state index contributed by atoms with van der Waals surface area (Å²) in [5.41, 5.74) is 1.16. The number of amides is 2. The second kappa shape index (κ2) is 8.97. The van der Waals surface area contributed by atoms with Gasteiger partial charge in [-0.25, -0.2) is 4.98 Å². The number of H-pyrrole nitrogens is 1. The number of aryl methyl sites for hydroxylation is 1. The van der Waals surface area contributed by atoms with Gasteiger partial charge in [0.15, 0.2) is 12.5 Å². The van der Waals surface area contributed by atoms with Crippen LogP contribution in [0, 0.1) is 12.8 Å². The van der Waals surface area contributed by atoms with Crippen molar-refractivity contribution in [2.45, 2.75) is 39.9 Å². The molecule has 10 heteroatoms. The van der Waals surface area contributed by atoms with Gasteiger partial charge in [-0.3, -0.25) is 9.59 Å². The van der Waals surface area contributed by atoms with Gasteiger partial charge in [-0.15, -0.1) is 0 Å². The molecule has 2 amide bonds. The molecule has 1 unspecified atom stereocenters. The van der Waals surface area contributed by atoms with Gasteiger partial charge in [0, 0.05) is 17.7 Å². The monoisotopic (exact) mass is 412 g/mol. The van der Waals surface area contributed by atoms with Crippen LogP contribution < -0.4 is 15.4 Å². The molecule has 0 aliphatic rings. The molecule has 0 aromatic carbocycles. The Balaban J connectivity index is 2.05. The highest BCUT2D eigenvalue weighted by molar-refractivity contribution is 5.93. The summed E-state index contributed by atoms with van der Waals surface area (Å²) in [4.78, 5) is 30.9. The van der Waals surface area contributed by atoms with Crippen LogP contribution >= 0.6 is 0 Å². The molecule has 7 nitrogen and oxygen atoms in total. The lowest BCUT2D eigenvalue weighted by molar-refractivity contribution is -0.154. The van der Waals surface area contributed by atoms with Gasteiger partial charge in [-0.05, 0) is 37.6 Å². The Bertz CT molecular complexity index is 878. The Labute approximate surface area is 166 Å². The molecule has 0 radical (unpaired) electrons. The number of alkyl halides is 3. The maximum absolute atomic E-state index is 12.4. The molecule has 2 heterocycles. The molecule has 2 rings (SSSR count). The summed E-state index contributed by atoms with van der Waals surface area (Å²) >= 11 is 0. The molecular weight excluding hydrogens is 389 g/mol. The third kappa shape index (κ3) is 6.51. The first-order valence-corrected chi connectivity index (χ1v) is 8.93. The Kier molecular flexibility index (Phi) is 6.89. The van der Waals surface area contributed by atoms with Crippen molar-refractivity contribution in [1.82, 2.24) is 15.3 Å². The van der Waals surface area contributed by atoms with Crippen LogP contribution in [0.25, 0.3) is 0 Å². The van der Waals surface area contributed by atoms with Crippen molar-refractivity contribution in [2.75, 3.05) is 11.9 Å². The van der Waals surface area contributed by atoms with Crippen LogP contribution in [0.4, 0.5) is 19.0 Å². The van der Waals surface area contributed by atoms with E-state index in [1.165, 1.54) is 19.2 Å². The SMILES string of the molecule is Cc1cc(C(=O)NC(C)c2ccnc(NC(=O)C(C)C)c2)[nH]c1OCC(F)(F)F. The van der Waals surface area contributed by atoms with E-state index in [1.54, 1.807) is 32.9 Å². The number of nitrogens with zero attached hydrogens (tertiary/aromatic N) is 1. The van der Waals surface area contributed by atoms with E-state index in [0.29, 0.717) is 16.9 Å². The smallest absolute Gasteiger partial charge is 0.422 e. The first-order chi connectivity index (χ1) is 13.5. The number of hydrogen-bond acceptors (Lipinski definition) is 4. The number of pyridine rings is 1. The van der Waals surface area contributed by atoms with Crippen molar-refractivity contribution < 1.29 is 27.5 Å². The lowest BCUT2D eigenvalue weighted by Crippen LogP contribution is -2.27. The zero-order chi connectivity index (χ0) is 21.8. The first-order valence-electron chi connectivity index (χ1n) is 8.93. The number of ether oxygens (including phenoxy) is 1. The number of aromatic amines is 1. The number of nitrogens with one attached hydrogen (secondary N) is 3. The maximum atomic E-state index is 12.4. The maximum Gasteiger partial charge on any atom is 0.422 e. The number of anilines is 1. The summed E-state index contributed by atoms with van der Waals surface area (Å²) in [6.07, 6.45) is -2.96. The summed E-state index contributed by atoms with van der Waals surface area (Å²) in [6.45, 7) is 5.33. The van der Waals surface area contributed by atoms with Crippen molar-refractivity contribution in [3.8, 4) is 5.88 Å². The first kappa shape index (κ1) is 22.3. The number of hydrogen-bond donors (Lipinski definition) is 3. The minimum Gasteiger partial charge on any atom is -0.469 e. The number of carbonyl (C=O) groups is 2. The topological polar surface area (TPSA) is 96.1 Å². The van der Waals surface area contributed by atoms with Gasteiger partial charge < -0.3 is 20.4 Å². The Morgan fingerprint density at radius 2 is 1.93 bits per heavy atom. The minimum atomic E-state index is -4.47. The van der Waals surface area contributed by atoms with E-state index >= 15 is 0 Å². The Morgan fingerprint density at radius 1 is 1.24 bits per heavy atom. The molecule has 0 aliphatic carbocycles. The van der Waals surface area contributed by atoms with Gasteiger partial charge >= 0.3 is 6.18 Å². The van der Waals surface area contributed by atoms with E-state index in [9.17, 15) is 22.8 Å². The lowest BCUT2D eigenvalue weighted by Gasteiger charge is -2.15. The number of carbonyl (C=O) groups excluding carboxylic acids is 2. The molecule has 1 atom stereocenters. The predicted molar refractivity (Wildman–Crippen MR) is 101 cm³/mol. The van der Waals surface area contributed by atoms with Gasteiger partial charge in [0.1, 0.15) is 11.5 Å². The van der Waals surface area contributed by atoms with Crippen molar-refractivity contribution in [3.05, 3.63) is 41.2 Å². The summed E-state index contributed by atoms with van der Waals surface area (Å²) in [5.74, 6) is -0.641. The lowest BCUT2D eigenvalue weighted by atomic mass is 10.1. The van der Waals surface area contributed by atoms with E-state index < -0.39 is 24.7 Å². The molecule has 0 saturated heterocycles. The predicted octanol–water partition coefficient (Wildman–Crippen LogP) is 3.74. The fourth-order valence-corrected chi connectivity index (χ4v) is 2.38. The largest absolute Gasteiger partial charge is 0.469 e. The molecule has 2 aromatic rings. The Hall–Kier alpha value is -3.04. The van der Waals surface area contributed by atoms with Crippen LogP contribution in [0.2, 0.25) is 0 Å². The van der Waals surface area contributed by atoms with Crippen LogP contribution in [0.15, 0.2) is 24.4 Å². The highest BCUT2D eigenvalue weighted by Gasteiger charge is 2.29. The highest BCUT2D eigenvalue weighted by atomic mass is 19.4. The zero-order valence-electron chi connectivity index (χ0n) is 16.5. The van der Waals surface area contributed by atoms with Crippen molar-refractivity contribution in [1.29, 1.82) is 0 Å². The standard InChI is InChI=1S/C19H23F3N4O3/c1-10(2)16(27)26-15-8-13(5-6-23-15)12(4)24-17(28)14-7-11(3)18(25-14)29-9-19(20,21)22/h5-8,10,12,25H,9H2,1-4H3,(H,24,28)(H,23,26,27). The number of rotatable bonds is 7. The quantitative estimate of drug-likeness (QED) is 0.645. The number of halogens is 3. The average molecular weight is 412 g/mol. The average Bonchev–Trinajstić information content (AvgIpc) is 3.00. The van der Waals surface area contributed by atoms with Crippen molar-refractivity contribution in [3.63, 3.8) is 0 Å². The number of aromatic nitrogens is 2. The highest BCUT2D eigenvalue weighted by Crippen LogP contribution is 2.23. The second-order valence-corrected chi connectivity index (χ2v) is 6.91. The van der Waals surface area contributed by atoms with Gasteiger partial charge in [0.25, 0.3) is 5.91 Å². The molecule has 0 spiro atoms. The molecule has 0 fully saturated rings. The molecule has 29 heavy (non-hydrogen) atoms. The van der Waals surface area contributed by atoms with Crippen LogP contribution in [0.3, 0.4) is 0 Å². The fraction of sp³-hybridized carbons (Fsp3) is 0.421. The molecule has 3 N–H and O–H groups in total. The van der Waals surface area contributed by atoms with Crippen molar-refractivity contribution >= 4 is 17.6 Å². The minimum absolute atomic E-state index is 0.0777. The summed E-state index contributed by atoms with van der Waals surface area (Å²) in [5, 5.41) is 5.42. The molecule has 0 aliphatic heterocycles. The van der Waals surface area contributed by atoms with Crippen LogP contribution in [0.1, 0.15) is 48.4 Å². The van der Waals surface area contributed by atoms with Gasteiger partial charge in [0.2, 0.25) is 5.91 Å². The summed E-state index contributed by atoms with van der Waals surface area (Å²) in [6, 6.07) is 4.30. The molecule has 158 valence electrons. The van der Waals surface area contributed by atoms with Crippen LogP contribution in [-0.2, 0) is 4.79 Å². The van der Waals surface area contributed by atoms with Crippen LogP contribution in [0.5, 0.6) is 5.88 Å². The second-order valence-electron chi connectivity index (χ2n) is 6.91. The van der Waals surface area contributed by atoms with Crippen molar-refractivity contribution in [2.24, 2.45) is 5.92 Å². The zero-order valence-corrected chi connectivity index (χ0v) is 16.5. The third-order valence-electron chi connectivity index (χ3n) is 4.00. The van der Waals surface area contributed by atoms with Gasteiger partial charge in [-0.2, -0.15) is 13.2 Å². The normalized spacial score (nSPS) is 12.6. The fourth-order valence-electron chi connectivity index (χ4n) is 2.38. The van der Waals surface area contributed by atoms with E-state index in [1.807, 2.05) is 0 Å². The van der Waals surface area contributed by atoms with Crippen LogP contribution in [-0.4, -0.2) is 34.6 Å². The van der Waals surface area contributed by atoms with E-state index in [2.05, 4.69) is 25.3 Å². The molecule has 0 bridgehead atoms. The third-order valence-corrected chi connectivity index (χ3v) is 4.00. The van der Waals surface area contributed by atoms with Gasteiger partial charge in [-0.1, -0.05) is 13.8 Å². The summed E-state index contributed by atoms with van der Waals surface area (Å²) in [7, 11) is 0. The molecule has 2 aromatic heterocycles. The van der Waals surface area contributed by atoms with E-state index in [4.69, 9.17) is 0 Å². The van der Waals surface area contributed by atoms with E-state index in [-0.39, 0.29) is 23.4 Å². The molecular formula is C19H23F3N4O3.